The van der Waals surface area contributed by atoms with E-state index in [0.717, 1.165) is 23.5 Å². The zero-order valence-corrected chi connectivity index (χ0v) is 10.9. The van der Waals surface area contributed by atoms with Crippen molar-refractivity contribution in [2.24, 2.45) is 0 Å². The molecule has 0 aliphatic heterocycles. The first-order chi connectivity index (χ1) is 8.19. The number of nitrogen functional groups attached to an aromatic ring is 1. The topological polar surface area (TPSA) is 47.7 Å². The number of hydrogen-bond acceptors (Lipinski definition) is 4. The fourth-order valence-corrected chi connectivity index (χ4v) is 1.53. The van der Waals surface area contributed by atoms with Crippen LogP contribution in [0, 0.1) is 6.92 Å². The number of rotatable bonds is 7. The SMILES string of the molecule is CCOCN(CCOC)c1ccc(N)c(C)c1. The number of benzene rings is 1. The van der Waals surface area contributed by atoms with E-state index in [1.807, 2.05) is 26.0 Å². The van der Waals surface area contributed by atoms with Crippen LogP contribution >= 0.6 is 0 Å². The van der Waals surface area contributed by atoms with Gasteiger partial charge in [-0.3, -0.25) is 0 Å². The smallest absolute Gasteiger partial charge is 0.118 e. The second-order valence-electron chi connectivity index (χ2n) is 3.92. The molecule has 1 aromatic carbocycles. The highest BCUT2D eigenvalue weighted by Crippen LogP contribution is 2.20. The van der Waals surface area contributed by atoms with E-state index in [1.54, 1.807) is 7.11 Å². The van der Waals surface area contributed by atoms with Crippen LogP contribution in [0.4, 0.5) is 11.4 Å². The average molecular weight is 238 g/mol. The molecule has 4 heteroatoms. The van der Waals surface area contributed by atoms with Crippen LogP contribution in [0.1, 0.15) is 12.5 Å². The molecule has 4 nitrogen and oxygen atoms in total. The van der Waals surface area contributed by atoms with Crippen LogP contribution in [-0.4, -0.2) is 33.6 Å². The van der Waals surface area contributed by atoms with Crippen molar-refractivity contribution in [2.75, 3.05) is 44.2 Å². The van der Waals surface area contributed by atoms with Gasteiger partial charge in [-0.15, -0.1) is 0 Å². The van der Waals surface area contributed by atoms with Gasteiger partial charge in [0.15, 0.2) is 0 Å². The van der Waals surface area contributed by atoms with Crippen LogP contribution < -0.4 is 10.6 Å². The van der Waals surface area contributed by atoms with Gasteiger partial charge in [0.05, 0.1) is 6.61 Å². The molecule has 0 atom stereocenters. The predicted molar refractivity (Wildman–Crippen MR) is 71.3 cm³/mol. The third-order valence-electron chi connectivity index (χ3n) is 2.64. The van der Waals surface area contributed by atoms with Gasteiger partial charge in [-0.05, 0) is 37.6 Å². The van der Waals surface area contributed by atoms with E-state index in [-0.39, 0.29) is 0 Å². The predicted octanol–water partition coefficient (Wildman–Crippen LogP) is 2.02. The van der Waals surface area contributed by atoms with Crippen LogP contribution in [0.5, 0.6) is 0 Å². The fourth-order valence-electron chi connectivity index (χ4n) is 1.53. The zero-order valence-electron chi connectivity index (χ0n) is 10.9. The summed E-state index contributed by atoms with van der Waals surface area (Å²) in [6.07, 6.45) is 0. The maximum atomic E-state index is 5.81. The van der Waals surface area contributed by atoms with Crippen molar-refractivity contribution in [1.29, 1.82) is 0 Å². The van der Waals surface area contributed by atoms with E-state index in [1.165, 1.54) is 0 Å². The Labute approximate surface area is 103 Å². The van der Waals surface area contributed by atoms with Crippen LogP contribution in [0.15, 0.2) is 18.2 Å². The van der Waals surface area contributed by atoms with Crippen molar-refractivity contribution in [2.45, 2.75) is 13.8 Å². The van der Waals surface area contributed by atoms with E-state index < -0.39 is 0 Å². The van der Waals surface area contributed by atoms with Crippen molar-refractivity contribution >= 4 is 11.4 Å². The molecule has 0 fully saturated rings. The second kappa shape index (κ2) is 7.14. The number of methoxy groups -OCH3 is 1. The Hall–Kier alpha value is -1.26. The van der Waals surface area contributed by atoms with Gasteiger partial charge in [-0.1, -0.05) is 0 Å². The highest BCUT2D eigenvalue weighted by atomic mass is 16.5. The lowest BCUT2D eigenvalue weighted by Gasteiger charge is -2.24. The minimum atomic E-state index is 0.573. The Bertz CT molecular complexity index is 334. The first-order valence-corrected chi connectivity index (χ1v) is 5.86. The molecule has 0 saturated carbocycles. The maximum absolute atomic E-state index is 5.81. The third-order valence-corrected chi connectivity index (χ3v) is 2.64. The highest BCUT2D eigenvalue weighted by molar-refractivity contribution is 5.57. The number of aryl methyl sites for hydroxylation is 1. The van der Waals surface area contributed by atoms with Gasteiger partial charge in [0.2, 0.25) is 0 Å². The number of anilines is 2. The van der Waals surface area contributed by atoms with Crippen molar-refractivity contribution in [1.82, 2.24) is 0 Å². The molecular formula is C13H22N2O2. The molecule has 0 amide bonds. The normalized spacial score (nSPS) is 10.5. The number of ether oxygens (including phenoxy) is 2. The summed E-state index contributed by atoms with van der Waals surface area (Å²) in [5, 5.41) is 0. The van der Waals surface area contributed by atoms with Crippen molar-refractivity contribution in [3.63, 3.8) is 0 Å². The average Bonchev–Trinajstić information content (AvgIpc) is 2.33. The fraction of sp³-hybridized carbons (Fsp3) is 0.538. The van der Waals surface area contributed by atoms with Crippen molar-refractivity contribution < 1.29 is 9.47 Å². The summed E-state index contributed by atoms with van der Waals surface area (Å²) < 4.78 is 10.6. The molecule has 17 heavy (non-hydrogen) atoms. The lowest BCUT2D eigenvalue weighted by atomic mass is 10.1. The summed E-state index contributed by atoms with van der Waals surface area (Å²) in [7, 11) is 1.70. The molecule has 1 rings (SSSR count). The number of hydrogen-bond donors (Lipinski definition) is 1. The Kier molecular flexibility index (Phi) is 5.80. The molecular weight excluding hydrogens is 216 g/mol. The summed E-state index contributed by atoms with van der Waals surface area (Å²) in [5.74, 6) is 0. The zero-order chi connectivity index (χ0) is 12.7. The van der Waals surface area contributed by atoms with E-state index in [4.69, 9.17) is 15.2 Å². The highest BCUT2D eigenvalue weighted by Gasteiger charge is 2.07. The van der Waals surface area contributed by atoms with Gasteiger partial charge in [0.1, 0.15) is 6.73 Å². The maximum Gasteiger partial charge on any atom is 0.118 e. The Morgan fingerprint density at radius 3 is 2.71 bits per heavy atom. The Morgan fingerprint density at radius 1 is 1.35 bits per heavy atom. The molecule has 0 aliphatic rings. The van der Waals surface area contributed by atoms with Crippen molar-refractivity contribution in [3.8, 4) is 0 Å². The molecule has 2 N–H and O–H groups in total. The van der Waals surface area contributed by atoms with Crippen LogP contribution in [0.25, 0.3) is 0 Å². The molecule has 96 valence electrons. The minimum Gasteiger partial charge on any atom is -0.399 e. The summed E-state index contributed by atoms with van der Waals surface area (Å²) in [5.41, 5.74) is 8.83. The molecule has 0 spiro atoms. The Morgan fingerprint density at radius 2 is 2.12 bits per heavy atom. The first-order valence-electron chi connectivity index (χ1n) is 5.86. The minimum absolute atomic E-state index is 0.573. The quantitative estimate of drug-likeness (QED) is 0.583. The standard InChI is InChI=1S/C13H22N2O2/c1-4-17-10-15(7-8-16-3)12-5-6-13(14)11(2)9-12/h5-6,9H,4,7-8,10,14H2,1-3H3. The van der Waals surface area contributed by atoms with E-state index in [2.05, 4.69) is 11.0 Å². The molecule has 0 saturated heterocycles. The van der Waals surface area contributed by atoms with E-state index >= 15 is 0 Å². The third kappa shape index (κ3) is 4.24. The lowest BCUT2D eigenvalue weighted by molar-refractivity contribution is 0.137. The van der Waals surface area contributed by atoms with Crippen LogP contribution in [0.2, 0.25) is 0 Å². The van der Waals surface area contributed by atoms with Crippen molar-refractivity contribution in [3.05, 3.63) is 23.8 Å². The first kappa shape index (κ1) is 13.8. The number of nitrogens with zero attached hydrogens (tertiary/aromatic N) is 1. The summed E-state index contributed by atoms with van der Waals surface area (Å²) in [4.78, 5) is 2.14. The van der Waals surface area contributed by atoms with Gasteiger partial charge >= 0.3 is 0 Å². The van der Waals surface area contributed by atoms with Gasteiger partial charge < -0.3 is 20.1 Å². The number of nitrogens with two attached hydrogens (primary N) is 1. The van der Waals surface area contributed by atoms with E-state index in [0.29, 0.717) is 19.9 Å². The summed E-state index contributed by atoms with van der Waals surface area (Å²) in [6, 6.07) is 6.01. The molecule has 0 aliphatic carbocycles. The monoisotopic (exact) mass is 238 g/mol. The molecule has 0 heterocycles. The molecule has 0 unspecified atom stereocenters. The molecule has 0 aromatic heterocycles. The van der Waals surface area contributed by atoms with Crippen LogP contribution in [-0.2, 0) is 9.47 Å². The molecule has 0 bridgehead atoms. The van der Waals surface area contributed by atoms with Gasteiger partial charge in [-0.25, -0.2) is 0 Å². The van der Waals surface area contributed by atoms with Crippen LogP contribution in [0.3, 0.4) is 0 Å². The lowest BCUT2D eigenvalue weighted by Crippen LogP contribution is -2.29. The second-order valence-corrected chi connectivity index (χ2v) is 3.92. The molecule has 1 aromatic rings. The largest absolute Gasteiger partial charge is 0.399 e. The van der Waals surface area contributed by atoms with Gasteiger partial charge in [-0.2, -0.15) is 0 Å². The van der Waals surface area contributed by atoms with Gasteiger partial charge in [0, 0.05) is 31.6 Å². The summed E-state index contributed by atoms with van der Waals surface area (Å²) >= 11 is 0. The van der Waals surface area contributed by atoms with E-state index in [9.17, 15) is 0 Å². The summed E-state index contributed by atoms with van der Waals surface area (Å²) in [6.45, 7) is 6.76. The Balaban J connectivity index is 2.75. The molecule has 0 radical (unpaired) electrons. The van der Waals surface area contributed by atoms with Gasteiger partial charge in [0.25, 0.3) is 0 Å².